The van der Waals surface area contributed by atoms with Crippen LogP contribution in [-0.4, -0.2) is 25.0 Å². The molecule has 0 saturated heterocycles. The fourth-order valence-electron chi connectivity index (χ4n) is 2.47. The van der Waals surface area contributed by atoms with E-state index in [2.05, 4.69) is 94.7 Å². The van der Waals surface area contributed by atoms with Gasteiger partial charge in [-0.25, -0.2) is 0 Å². The third-order valence-corrected chi connectivity index (χ3v) is 4.18. The smallest absolute Gasteiger partial charge is 0.0473 e. The van der Waals surface area contributed by atoms with Gasteiger partial charge in [0.05, 0.1) is 0 Å². The van der Waals surface area contributed by atoms with Gasteiger partial charge in [0, 0.05) is 23.6 Å². The van der Waals surface area contributed by atoms with E-state index in [1.165, 1.54) is 11.1 Å². The molecule has 0 aliphatic heterocycles. The molecule has 3 heteroatoms. The highest BCUT2D eigenvalue weighted by molar-refractivity contribution is 9.10. The molecule has 0 radical (unpaired) electrons. The van der Waals surface area contributed by atoms with E-state index in [0.717, 1.165) is 24.1 Å². The Morgan fingerprint density at radius 2 is 1.71 bits per heavy atom. The minimum atomic E-state index is 0.384. The normalized spacial score (nSPS) is 12.6. The van der Waals surface area contributed by atoms with Crippen molar-refractivity contribution in [3.05, 3.63) is 70.2 Å². The summed E-state index contributed by atoms with van der Waals surface area (Å²) in [7, 11) is 2.19. The summed E-state index contributed by atoms with van der Waals surface area (Å²) in [5.74, 6) is 0. The predicted octanol–water partition coefficient (Wildman–Crippen LogP) is 4.23. The van der Waals surface area contributed by atoms with Crippen molar-refractivity contribution < 1.29 is 0 Å². The van der Waals surface area contributed by atoms with E-state index in [0.29, 0.717) is 6.04 Å². The molecule has 0 amide bonds. The van der Waals surface area contributed by atoms with E-state index in [-0.39, 0.29) is 0 Å². The van der Waals surface area contributed by atoms with Gasteiger partial charge in [-0.2, -0.15) is 0 Å². The standard InChI is InChI=1S/C18H23BrN2/c1-3-20-13-18(16-7-5-4-6-8-16)21(2)14-15-9-11-17(19)12-10-15/h4-12,18,20H,3,13-14H2,1-2H3. The van der Waals surface area contributed by atoms with Crippen molar-refractivity contribution in [1.82, 2.24) is 10.2 Å². The van der Waals surface area contributed by atoms with Crippen molar-refractivity contribution in [2.24, 2.45) is 0 Å². The maximum atomic E-state index is 3.49. The summed E-state index contributed by atoms with van der Waals surface area (Å²) in [6.45, 7) is 5.05. The van der Waals surface area contributed by atoms with Crippen LogP contribution in [0.25, 0.3) is 0 Å². The lowest BCUT2D eigenvalue weighted by molar-refractivity contribution is 0.231. The molecule has 1 atom stereocenters. The lowest BCUT2D eigenvalue weighted by Crippen LogP contribution is -2.33. The van der Waals surface area contributed by atoms with Crippen LogP contribution in [0.2, 0.25) is 0 Å². The number of nitrogens with one attached hydrogen (secondary N) is 1. The molecule has 2 aromatic rings. The molecule has 0 heterocycles. The van der Waals surface area contributed by atoms with Gasteiger partial charge in [0.2, 0.25) is 0 Å². The Morgan fingerprint density at radius 1 is 1.05 bits per heavy atom. The molecule has 1 unspecified atom stereocenters. The van der Waals surface area contributed by atoms with Crippen molar-refractivity contribution >= 4 is 15.9 Å². The molecule has 0 saturated carbocycles. The molecule has 21 heavy (non-hydrogen) atoms. The number of hydrogen-bond acceptors (Lipinski definition) is 2. The molecule has 0 spiro atoms. The fourth-order valence-corrected chi connectivity index (χ4v) is 2.74. The number of likely N-dealkylation sites (N-methyl/N-ethyl adjacent to an activating group) is 2. The van der Waals surface area contributed by atoms with Crippen LogP contribution in [0.3, 0.4) is 0 Å². The summed E-state index contributed by atoms with van der Waals surface area (Å²) in [5, 5.41) is 3.47. The topological polar surface area (TPSA) is 15.3 Å². The van der Waals surface area contributed by atoms with Gasteiger partial charge in [0.15, 0.2) is 0 Å². The Bertz CT molecular complexity index is 525. The van der Waals surface area contributed by atoms with Crippen LogP contribution in [0.4, 0.5) is 0 Å². The molecule has 0 aliphatic rings. The van der Waals surface area contributed by atoms with Crippen LogP contribution in [0.15, 0.2) is 59.1 Å². The number of nitrogens with zero attached hydrogens (tertiary/aromatic N) is 1. The van der Waals surface area contributed by atoms with Gasteiger partial charge >= 0.3 is 0 Å². The number of halogens is 1. The first-order valence-electron chi connectivity index (χ1n) is 7.41. The second kappa shape index (κ2) is 8.32. The highest BCUT2D eigenvalue weighted by Crippen LogP contribution is 2.21. The van der Waals surface area contributed by atoms with Crippen molar-refractivity contribution in [2.45, 2.75) is 19.5 Å². The van der Waals surface area contributed by atoms with E-state index in [4.69, 9.17) is 0 Å². The minimum Gasteiger partial charge on any atom is -0.315 e. The first-order chi connectivity index (χ1) is 10.2. The van der Waals surface area contributed by atoms with Crippen LogP contribution in [0.5, 0.6) is 0 Å². The first-order valence-corrected chi connectivity index (χ1v) is 8.20. The predicted molar refractivity (Wildman–Crippen MR) is 93.3 cm³/mol. The van der Waals surface area contributed by atoms with Crippen molar-refractivity contribution in [3.63, 3.8) is 0 Å². The van der Waals surface area contributed by atoms with Gasteiger partial charge in [0.25, 0.3) is 0 Å². The number of benzene rings is 2. The van der Waals surface area contributed by atoms with Crippen molar-refractivity contribution in [1.29, 1.82) is 0 Å². The summed E-state index contributed by atoms with van der Waals surface area (Å²) >= 11 is 3.49. The van der Waals surface area contributed by atoms with Gasteiger partial charge in [-0.3, -0.25) is 4.90 Å². The van der Waals surface area contributed by atoms with Crippen LogP contribution in [0, 0.1) is 0 Å². The molecule has 1 N–H and O–H groups in total. The lowest BCUT2D eigenvalue weighted by Gasteiger charge is -2.29. The highest BCUT2D eigenvalue weighted by Gasteiger charge is 2.16. The Kier molecular flexibility index (Phi) is 6.43. The minimum absolute atomic E-state index is 0.384. The zero-order valence-electron chi connectivity index (χ0n) is 12.7. The van der Waals surface area contributed by atoms with Gasteiger partial charge in [-0.1, -0.05) is 65.3 Å². The van der Waals surface area contributed by atoms with Gasteiger partial charge in [-0.05, 0) is 36.9 Å². The van der Waals surface area contributed by atoms with E-state index >= 15 is 0 Å². The van der Waals surface area contributed by atoms with E-state index in [1.54, 1.807) is 0 Å². The van der Waals surface area contributed by atoms with Crippen molar-refractivity contribution in [3.8, 4) is 0 Å². The number of rotatable bonds is 7. The third kappa shape index (κ3) is 4.95. The zero-order chi connectivity index (χ0) is 15.1. The summed E-state index contributed by atoms with van der Waals surface area (Å²) < 4.78 is 1.13. The summed E-state index contributed by atoms with van der Waals surface area (Å²) in [4.78, 5) is 2.40. The Morgan fingerprint density at radius 3 is 2.33 bits per heavy atom. The Labute approximate surface area is 136 Å². The molecule has 0 aliphatic carbocycles. The average Bonchev–Trinajstić information content (AvgIpc) is 2.51. The quantitative estimate of drug-likeness (QED) is 0.806. The monoisotopic (exact) mass is 346 g/mol. The molecular formula is C18H23BrN2. The molecule has 2 rings (SSSR count). The maximum absolute atomic E-state index is 3.49. The Hall–Kier alpha value is -1.16. The number of hydrogen-bond donors (Lipinski definition) is 1. The first kappa shape index (κ1) is 16.2. The van der Waals surface area contributed by atoms with Crippen LogP contribution in [0.1, 0.15) is 24.1 Å². The summed E-state index contributed by atoms with van der Waals surface area (Å²) in [6.07, 6.45) is 0. The van der Waals surface area contributed by atoms with Gasteiger partial charge in [0.1, 0.15) is 0 Å². The molecule has 2 aromatic carbocycles. The SMILES string of the molecule is CCNCC(c1ccccc1)N(C)Cc1ccc(Br)cc1. The van der Waals surface area contributed by atoms with E-state index < -0.39 is 0 Å². The van der Waals surface area contributed by atoms with Gasteiger partial charge < -0.3 is 5.32 Å². The van der Waals surface area contributed by atoms with E-state index in [1.807, 2.05) is 0 Å². The van der Waals surface area contributed by atoms with Crippen molar-refractivity contribution in [2.75, 3.05) is 20.1 Å². The van der Waals surface area contributed by atoms with Crippen LogP contribution in [-0.2, 0) is 6.54 Å². The van der Waals surface area contributed by atoms with Gasteiger partial charge in [-0.15, -0.1) is 0 Å². The largest absolute Gasteiger partial charge is 0.315 e. The average molecular weight is 347 g/mol. The molecule has 0 bridgehead atoms. The molecule has 0 aromatic heterocycles. The lowest BCUT2D eigenvalue weighted by atomic mass is 10.0. The molecule has 2 nitrogen and oxygen atoms in total. The second-order valence-electron chi connectivity index (χ2n) is 5.28. The molecule has 0 fully saturated rings. The highest BCUT2D eigenvalue weighted by atomic mass is 79.9. The maximum Gasteiger partial charge on any atom is 0.0473 e. The second-order valence-corrected chi connectivity index (χ2v) is 6.19. The molecule has 112 valence electrons. The van der Waals surface area contributed by atoms with Crippen LogP contribution >= 0.6 is 15.9 Å². The Balaban J connectivity index is 2.10. The summed E-state index contributed by atoms with van der Waals surface area (Å²) in [6, 6.07) is 19.7. The van der Waals surface area contributed by atoms with Crippen LogP contribution < -0.4 is 5.32 Å². The summed E-state index contributed by atoms with van der Waals surface area (Å²) in [5.41, 5.74) is 2.69. The third-order valence-electron chi connectivity index (χ3n) is 3.65. The zero-order valence-corrected chi connectivity index (χ0v) is 14.3. The van der Waals surface area contributed by atoms with E-state index in [9.17, 15) is 0 Å². The fraction of sp³-hybridized carbons (Fsp3) is 0.333. The molecular weight excluding hydrogens is 324 g/mol.